The van der Waals surface area contributed by atoms with Gasteiger partial charge in [-0.25, -0.2) is 0 Å². The molecular formula is C70H140Br2O3. The van der Waals surface area contributed by atoms with Crippen molar-refractivity contribution < 1.29 is 14.2 Å². The van der Waals surface area contributed by atoms with E-state index in [9.17, 15) is 0 Å². The van der Waals surface area contributed by atoms with Gasteiger partial charge in [0.2, 0.25) is 0 Å². The van der Waals surface area contributed by atoms with E-state index in [4.69, 9.17) is 14.2 Å². The summed E-state index contributed by atoms with van der Waals surface area (Å²) < 4.78 is 20.3. The highest BCUT2D eigenvalue weighted by atomic mass is 79.9. The van der Waals surface area contributed by atoms with Crippen LogP contribution in [0.4, 0.5) is 0 Å². The molecule has 0 rings (SSSR count). The molecule has 0 aliphatic rings. The molecule has 5 heteroatoms. The third-order valence-corrected chi connectivity index (χ3v) is 18.6. The summed E-state index contributed by atoms with van der Waals surface area (Å²) in [6, 6.07) is 0. The second kappa shape index (κ2) is 50.6. The standard InChI is InChI=1S/C70H140Br2O3/c1-17-19-21-23-25-27-41-73-69(37-29-33-55(3)43-59(7)47-63(11)51-67(15)53-65(13)49-61(9)45-57(5)35-31-39-71)75-70(74-42-28-26-24-22-20-18-2)38-30-34-56(4)44-60(8)48-64(12)52-68(16)54-66(14)50-62(10)46-58(6)36-32-40-72/h55-70H,17-54H2,1-16H3. The second-order valence-corrected chi connectivity index (χ2v) is 29.7. The second-order valence-electron chi connectivity index (χ2n) is 28.1. The summed E-state index contributed by atoms with van der Waals surface area (Å²) in [4.78, 5) is 0. The Bertz CT molecular complexity index is 1100. The van der Waals surface area contributed by atoms with Gasteiger partial charge in [-0.1, -0.05) is 220 Å². The molecule has 0 aliphatic carbocycles. The van der Waals surface area contributed by atoms with Gasteiger partial charge in [-0.15, -0.1) is 0 Å². The lowest BCUT2D eigenvalue weighted by atomic mass is 9.80. The van der Waals surface area contributed by atoms with Crippen molar-refractivity contribution in [1.82, 2.24) is 0 Å². The van der Waals surface area contributed by atoms with E-state index in [1.54, 1.807) is 0 Å². The Morgan fingerprint density at radius 1 is 0.240 bits per heavy atom. The molecule has 0 aromatic rings. The van der Waals surface area contributed by atoms with E-state index >= 15 is 0 Å². The molecule has 0 fully saturated rings. The molecule has 0 bridgehead atoms. The minimum atomic E-state index is -0.167. The van der Waals surface area contributed by atoms with Gasteiger partial charge in [0.05, 0.1) is 0 Å². The highest BCUT2D eigenvalue weighted by Gasteiger charge is 2.23. The van der Waals surface area contributed by atoms with E-state index in [0.717, 1.165) is 132 Å². The number of halogens is 2. The van der Waals surface area contributed by atoms with Crippen molar-refractivity contribution in [3.63, 3.8) is 0 Å². The molecule has 0 aromatic carbocycles. The van der Waals surface area contributed by atoms with Crippen molar-refractivity contribution in [2.24, 2.45) is 82.9 Å². The van der Waals surface area contributed by atoms with Crippen molar-refractivity contribution >= 4 is 31.9 Å². The van der Waals surface area contributed by atoms with Gasteiger partial charge in [0.25, 0.3) is 0 Å². The molecule has 16 unspecified atom stereocenters. The van der Waals surface area contributed by atoms with Gasteiger partial charge in [0, 0.05) is 23.9 Å². The largest absolute Gasteiger partial charge is 0.353 e. The van der Waals surface area contributed by atoms with E-state index in [0.29, 0.717) is 0 Å². The SMILES string of the molecule is CCCCCCCCOC(CCCC(C)CC(C)CC(C)CC(C)CC(C)CC(C)CC(C)CCCBr)OC(CCCC(C)CC(C)CC(C)CC(C)CC(C)CC(C)CC(C)CCCBr)OCCCCCCCC. The highest BCUT2D eigenvalue weighted by molar-refractivity contribution is 9.09. The molecule has 0 aliphatic heterocycles. The fourth-order valence-electron chi connectivity index (χ4n) is 14.5. The van der Waals surface area contributed by atoms with Crippen LogP contribution in [0.1, 0.15) is 329 Å². The van der Waals surface area contributed by atoms with Crippen LogP contribution in [0.3, 0.4) is 0 Å². The van der Waals surface area contributed by atoms with Crippen molar-refractivity contribution in [3.05, 3.63) is 0 Å². The molecule has 0 radical (unpaired) electrons. The molecule has 75 heavy (non-hydrogen) atoms. The van der Waals surface area contributed by atoms with E-state index in [1.165, 1.54) is 193 Å². The predicted molar refractivity (Wildman–Crippen MR) is 345 cm³/mol. The summed E-state index contributed by atoms with van der Waals surface area (Å²) in [5, 5.41) is 2.29. The molecule has 3 nitrogen and oxygen atoms in total. The van der Waals surface area contributed by atoms with Crippen LogP contribution in [0.15, 0.2) is 0 Å². The van der Waals surface area contributed by atoms with Gasteiger partial charge in [-0.3, -0.25) is 0 Å². The molecule has 0 saturated heterocycles. The van der Waals surface area contributed by atoms with Gasteiger partial charge in [0.1, 0.15) is 0 Å². The van der Waals surface area contributed by atoms with E-state index < -0.39 is 0 Å². The minimum absolute atomic E-state index is 0.167. The maximum absolute atomic E-state index is 6.96. The van der Waals surface area contributed by atoms with Gasteiger partial charge in [-0.2, -0.15) is 0 Å². The average molecular weight is 1190 g/mol. The molecule has 0 amide bonds. The van der Waals surface area contributed by atoms with Crippen molar-refractivity contribution in [3.8, 4) is 0 Å². The van der Waals surface area contributed by atoms with Crippen molar-refractivity contribution in [2.75, 3.05) is 23.9 Å². The van der Waals surface area contributed by atoms with Crippen LogP contribution in [-0.2, 0) is 14.2 Å². The zero-order valence-corrected chi connectivity index (χ0v) is 57.3. The first-order valence-electron chi connectivity index (χ1n) is 33.8. The monoisotopic (exact) mass is 1190 g/mol. The quantitative estimate of drug-likeness (QED) is 0.0345. The smallest absolute Gasteiger partial charge is 0.160 e. The molecule has 452 valence electrons. The van der Waals surface area contributed by atoms with Crippen LogP contribution in [0, 0.1) is 82.9 Å². The Labute approximate surface area is 491 Å². The number of rotatable bonds is 56. The first kappa shape index (κ1) is 75.8. The fourth-order valence-corrected chi connectivity index (χ4v) is 15.2. The topological polar surface area (TPSA) is 27.7 Å². The first-order valence-corrected chi connectivity index (χ1v) is 36.0. The van der Waals surface area contributed by atoms with Gasteiger partial charge >= 0.3 is 0 Å². The Kier molecular flexibility index (Phi) is 51.1. The lowest BCUT2D eigenvalue weighted by Gasteiger charge is -2.27. The summed E-state index contributed by atoms with van der Waals surface area (Å²) in [5.41, 5.74) is 0. The molecule has 0 spiro atoms. The number of alkyl halides is 2. The third kappa shape index (κ3) is 48.1. The lowest BCUT2D eigenvalue weighted by molar-refractivity contribution is -0.250. The van der Waals surface area contributed by atoms with Crippen LogP contribution in [-0.4, -0.2) is 36.5 Å². The Morgan fingerprint density at radius 3 is 0.693 bits per heavy atom. The van der Waals surface area contributed by atoms with Crippen LogP contribution < -0.4 is 0 Å². The third-order valence-electron chi connectivity index (χ3n) is 17.5. The number of ether oxygens (including phenoxy) is 3. The van der Waals surface area contributed by atoms with E-state index in [-0.39, 0.29) is 12.6 Å². The zero-order valence-electron chi connectivity index (χ0n) is 54.1. The summed E-state index contributed by atoms with van der Waals surface area (Å²) in [7, 11) is 0. The maximum atomic E-state index is 6.96. The Hall–Kier alpha value is 0.840. The number of unbranched alkanes of at least 4 members (excludes halogenated alkanes) is 10. The summed E-state index contributed by atoms with van der Waals surface area (Å²) in [5.74, 6) is 11.3. The molecule has 16 atom stereocenters. The molecule has 0 aromatic heterocycles. The predicted octanol–water partition coefficient (Wildman–Crippen LogP) is 24.7. The maximum Gasteiger partial charge on any atom is 0.160 e. The average Bonchev–Trinajstić information content (AvgIpc) is 3.30. The summed E-state index contributed by atoms with van der Waals surface area (Å²) >= 11 is 7.25. The van der Waals surface area contributed by atoms with E-state index in [2.05, 4.69) is 143 Å². The van der Waals surface area contributed by atoms with Crippen molar-refractivity contribution in [1.29, 1.82) is 0 Å². The van der Waals surface area contributed by atoms with Crippen LogP contribution in [0.2, 0.25) is 0 Å². The molecular weight excluding hydrogens is 1050 g/mol. The number of hydrogen-bond acceptors (Lipinski definition) is 3. The van der Waals surface area contributed by atoms with Crippen molar-refractivity contribution in [2.45, 2.75) is 342 Å². The van der Waals surface area contributed by atoms with E-state index in [1.807, 2.05) is 0 Å². The minimum Gasteiger partial charge on any atom is -0.353 e. The van der Waals surface area contributed by atoms with Crippen LogP contribution >= 0.6 is 31.9 Å². The zero-order chi connectivity index (χ0) is 56.2. The molecule has 0 N–H and O–H groups in total. The first-order chi connectivity index (χ1) is 35.8. The summed E-state index contributed by atoms with van der Waals surface area (Å²) in [6.07, 6.45) is 43.7. The fraction of sp³-hybridized carbons (Fsp3) is 1.00. The Morgan fingerprint density at radius 2 is 0.453 bits per heavy atom. The Balaban J connectivity index is 5.32. The normalized spacial score (nSPS) is 18.8. The van der Waals surface area contributed by atoms with Gasteiger partial charge < -0.3 is 14.2 Å². The molecule has 0 heterocycles. The van der Waals surface area contributed by atoms with Gasteiger partial charge in [0.15, 0.2) is 12.6 Å². The van der Waals surface area contributed by atoms with Crippen LogP contribution in [0.25, 0.3) is 0 Å². The molecule has 0 saturated carbocycles. The lowest BCUT2D eigenvalue weighted by Crippen LogP contribution is -2.28. The highest BCUT2D eigenvalue weighted by Crippen LogP contribution is 2.34. The number of hydrogen-bond donors (Lipinski definition) is 0. The van der Waals surface area contributed by atoms with Crippen LogP contribution in [0.5, 0.6) is 0 Å². The van der Waals surface area contributed by atoms with Gasteiger partial charge in [-0.05, 0) is 224 Å². The summed E-state index contributed by atoms with van der Waals surface area (Å²) in [6.45, 7) is 41.4.